The zero-order chi connectivity index (χ0) is 23.3. The van der Waals surface area contributed by atoms with Gasteiger partial charge in [0.2, 0.25) is 17.7 Å². The number of carbonyl (C=O) groups is 1. The average Bonchev–Trinajstić information content (AvgIpc) is 3.16. The predicted octanol–water partition coefficient (Wildman–Crippen LogP) is 4.92. The van der Waals surface area contributed by atoms with Crippen molar-refractivity contribution >= 4 is 23.4 Å². The molecule has 7 nitrogen and oxygen atoms in total. The second kappa shape index (κ2) is 10.4. The van der Waals surface area contributed by atoms with Crippen molar-refractivity contribution < 1.29 is 13.9 Å². The summed E-state index contributed by atoms with van der Waals surface area (Å²) in [5.74, 6) is 0.160. The summed E-state index contributed by atoms with van der Waals surface area (Å²) in [6.07, 6.45) is 1.69. The molecule has 9 heteroatoms. The smallest absolute Gasteiger partial charge is 0.237 e. The quantitative estimate of drug-likeness (QED) is 0.280. The molecule has 1 N–H and O–H groups in total. The minimum Gasteiger partial charge on any atom is -0.481 e. The number of benzene rings is 1. The molecule has 32 heavy (non-hydrogen) atoms. The molecule has 2 aromatic heterocycles. The molecular weight excluding hydrogens is 429 g/mol. The molecular formula is C23H26FN5O2S. The van der Waals surface area contributed by atoms with Gasteiger partial charge >= 0.3 is 0 Å². The van der Waals surface area contributed by atoms with Gasteiger partial charge in [0.25, 0.3) is 0 Å². The highest BCUT2D eigenvalue weighted by molar-refractivity contribution is 8.00. The molecule has 0 aliphatic heterocycles. The van der Waals surface area contributed by atoms with Gasteiger partial charge in [-0.25, -0.2) is 0 Å². The van der Waals surface area contributed by atoms with Crippen LogP contribution in [0.3, 0.4) is 0 Å². The van der Waals surface area contributed by atoms with E-state index < -0.39 is 11.2 Å². The van der Waals surface area contributed by atoms with E-state index in [2.05, 4.69) is 40.9 Å². The second-order valence-electron chi connectivity index (χ2n) is 7.45. The van der Waals surface area contributed by atoms with Gasteiger partial charge in [-0.3, -0.25) is 9.36 Å². The number of nitrogens with zero attached hydrogens (tertiary/aromatic N) is 4. The van der Waals surface area contributed by atoms with Gasteiger partial charge in [-0.15, -0.1) is 16.8 Å². The van der Waals surface area contributed by atoms with Crippen LogP contribution in [0.25, 0.3) is 11.4 Å². The molecule has 168 valence electrons. The number of aromatic nitrogens is 4. The minimum atomic E-state index is -0.682. The first-order valence-corrected chi connectivity index (χ1v) is 11.0. The summed E-state index contributed by atoms with van der Waals surface area (Å²) in [6.45, 7) is 10.2. The second-order valence-corrected chi connectivity index (χ2v) is 8.76. The molecule has 1 atom stereocenters. The fourth-order valence-corrected chi connectivity index (χ4v) is 3.85. The fraction of sp³-hybridized carbons (Fsp3) is 0.304. The van der Waals surface area contributed by atoms with Crippen molar-refractivity contribution in [1.29, 1.82) is 0 Å². The molecule has 0 spiro atoms. The first kappa shape index (κ1) is 23.5. The van der Waals surface area contributed by atoms with Gasteiger partial charge < -0.3 is 10.1 Å². The van der Waals surface area contributed by atoms with E-state index in [0.717, 1.165) is 5.69 Å². The SMILES string of the molecule is C=CCn1c(SC(C)C(=O)Nc2ccc(C(C)C)cc2)nnc1-c1cc(F)nc(OC)c1. The van der Waals surface area contributed by atoms with Crippen LogP contribution in [0.1, 0.15) is 32.3 Å². The van der Waals surface area contributed by atoms with E-state index in [1.165, 1.54) is 30.5 Å². The van der Waals surface area contributed by atoms with E-state index >= 15 is 0 Å². The number of carbonyl (C=O) groups excluding carboxylic acids is 1. The highest BCUT2D eigenvalue weighted by atomic mass is 32.2. The number of amides is 1. The lowest BCUT2D eigenvalue weighted by Gasteiger charge is -2.14. The lowest BCUT2D eigenvalue weighted by molar-refractivity contribution is -0.115. The summed E-state index contributed by atoms with van der Waals surface area (Å²) in [4.78, 5) is 16.4. The molecule has 0 saturated carbocycles. The standard InChI is InChI=1S/C23H26FN5O2S/c1-6-11-29-21(17-12-19(24)26-20(13-17)31-5)27-28-23(29)32-15(4)22(30)25-18-9-7-16(8-10-18)14(2)3/h6-10,12-15H,1,11H2,2-5H3,(H,25,30). The van der Waals surface area contributed by atoms with Crippen LogP contribution in [-0.4, -0.2) is 38.0 Å². The third-order valence-corrected chi connectivity index (χ3v) is 5.84. The van der Waals surface area contributed by atoms with Crippen LogP contribution in [-0.2, 0) is 11.3 Å². The Bertz CT molecular complexity index is 1100. The predicted molar refractivity (Wildman–Crippen MR) is 124 cm³/mol. The van der Waals surface area contributed by atoms with Crippen molar-refractivity contribution in [1.82, 2.24) is 19.7 Å². The van der Waals surface area contributed by atoms with E-state index in [0.29, 0.717) is 29.0 Å². The number of anilines is 1. The maximum Gasteiger partial charge on any atom is 0.237 e. The Labute approximate surface area is 191 Å². The van der Waals surface area contributed by atoms with Crippen LogP contribution in [0.15, 0.2) is 54.2 Å². The van der Waals surface area contributed by atoms with Crippen molar-refractivity contribution in [3.8, 4) is 17.3 Å². The first-order chi connectivity index (χ1) is 15.3. The van der Waals surface area contributed by atoms with E-state index in [9.17, 15) is 9.18 Å². The number of pyridine rings is 1. The van der Waals surface area contributed by atoms with Gasteiger partial charge in [0.1, 0.15) is 0 Å². The molecule has 0 bridgehead atoms. The Kier molecular flexibility index (Phi) is 7.63. The zero-order valence-electron chi connectivity index (χ0n) is 18.5. The topological polar surface area (TPSA) is 81.9 Å². The van der Waals surface area contributed by atoms with Crippen LogP contribution in [0.4, 0.5) is 10.1 Å². The molecule has 0 saturated heterocycles. The van der Waals surface area contributed by atoms with Crippen LogP contribution in [0.2, 0.25) is 0 Å². The van der Waals surface area contributed by atoms with Gasteiger partial charge in [0, 0.05) is 29.9 Å². The van der Waals surface area contributed by atoms with Crippen molar-refractivity contribution in [3.63, 3.8) is 0 Å². The molecule has 1 amide bonds. The highest BCUT2D eigenvalue weighted by Crippen LogP contribution is 2.29. The monoisotopic (exact) mass is 455 g/mol. The van der Waals surface area contributed by atoms with Crippen molar-refractivity contribution in [2.45, 2.75) is 43.6 Å². The molecule has 0 aliphatic rings. The Morgan fingerprint density at radius 1 is 1.25 bits per heavy atom. The van der Waals surface area contributed by atoms with Gasteiger partial charge in [0.15, 0.2) is 11.0 Å². The number of halogens is 1. The van der Waals surface area contributed by atoms with Crippen LogP contribution >= 0.6 is 11.8 Å². The minimum absolute atomic E-state index is 0.138. The Morgan fingerprint density at radius 2 is 1.97 bits per heavy atom. The first-order valence-electron chi connectivity index (χ1n) is 10.2. The lowest BCUT2D eigenvalue weighted by atomic mass is 10.0. The van der Waals surface area contributed by atoms with E-state index in [4.69, 9.17) is 4.74 Å². The molecule has 0 radical (unpaired) electrons. The third kappa shape index (κ3) is 5.53. The summed E-state index contributed by atoms with van der Waals surface area (Å²) in [7, 11) is 1.41. The van der Waals surface area contributed by atoms with E-state index in [1.807, 2.05) is 24.3 Å². The Balaban J connectivity index is 1.78. The van der Waals surface area contributed by atoms with E-state index in [-0.39, 0.29) is 11.8 Å². The van der Waals surface area contributed by atoms with Gasteiger partial charge in [0.05, 0.1) is 12.4 Å². The maximum absolute atomic E-state index is 13.9. The number of hydrogen-bond donors (Lipinski definition) is 1. The molecule has 0 fully saturated rings. The van der Waals surface area contributed by atoms with Gasteiger partial charge in [-0.1, -0.05) is 43.8 Å². The van der Waals surface area contributed by atoms with Gasteiger partial charge in [-0.2, -0.15) is 9.37 Å². The summed E-state index contributed by atoms with van der Waals surface area (Å²) in [5.41, 5.74) is 2.41. The summed E-state index contributed by atoms with van der Waals surface area (Å²) < 4.78 is 20.7. The summed E-state index contributed by atoms with van der Waals surface area (Å²) >= 11 is 1.26. The molecule has 1 aromatic carbocycles. The third-order valence-electron chi connectivity index (χ3n) is 4.76. The normalized spacial score (nSPS) is 11.9. The van der Waals surface area contributed by atoms with E-state index in [1.54, 1.807) is 23.6 Å². The largest absolute Gasteiger partial charge is 0.481 e. The average molecular weight is 456 g/mol. The lowest BCUT2D eigenvalue weighted by Crippen LogP contribution is -2.23. The summed E-state index contributed by atoms with van der Waals surface area (Å²) in [6, 6.07) is 10.7. The number of thioether (sulfide) groups is 1. The molecule has 3 rings (SSSR count). The Morgan fingerprint density at radius 3 is 2.59 bits per heavy atom. The number of methoxy groups -OCH3 is 1. The molecule has 1 unspecified atom stereocenters. The highest BCUT2D eigenvalue weighted by Gasteiger charge is 2.21. The van der Waals surface area contributed by atoms with Crippen molar-refractivity contribution in [3.05, 3.63) is 60.6 Å². The fourth-order valence-electron chi connectivity index (χ4n) is 3.00. The molecule has 0 aliphatic carbocycles. The Hall–Kier alpha value is -3.20. The number of rotatable bonds is 9. The van der Waals surface area contributed by atoms with Crippen molar-refractivity contribution in [2.75, 3.05) is 12.4 Å². The molecule has 2 heterocycles. The number of allylic oxidation sites excluding steroid dienone is 1. The maximum atomic E-state index is 13.9. The van der Waals surface area contributed by atoms with Crippen LogP contribution in [0.5, 0.6) is 5.88 Å². The number of nitrogens with one attached hydrogen (secondary N) is 1. The zero-order valence-corrected chi connectivity index (χ0v) is 19.3. The number of ether oxygens (including phenoxy) is 1. The van der Waals surface area contributed by atoms with Crippen LogP contribution < -0.4 is 10.1 Å². The molecule has 3 aromatic rings. The van der Waals surface area contributed by atoms with Gasteiger partial charge in [-0.05, 0) is 30.5 Å². The van der Waals surface area contributed by atoms with Crippen molar-refractivity contribution in [2.24, 2.45) is 0 Å². The summed E-state index contributed by atoms with van der Waals surface area (Å²) in [5, 5.41) is 11.4. The number of hydrogen-bond acceptors (Lipinski definition) is 6. The van der Waals surface area contributed by atoms with Crippen LogP contribution in [0, 0.1) is 5.95 Å².